The van der Waals surface area contributed by atoms with Gasteiger partial charge in [0, 0.05) is 49.4 Å². The Morgan fingerprint density at radius 1 is 1.07 bits per heavy atom. The molecule has 146 valence electrons. The average molecular weight is 376 g/mol. The Morgan fingerprint density at radius 3 is 2.79 bits per heavy atom. The van der Waals surface area contributed by atoms with Crippen LogP contribution in [0.2, 0.25) is 0 Å². The van der Waals surface area contributed by atoms with Crippen LogP contribution in [0.1, 0.15) is 67.9 Å². The van der Waals surface area contributed by atoms with Crippen LogP contribution < -0.4 is 0 Å². The fourth-order valence-corrected chi connectivity index (χ4v) is 4.88. The minimum absolute atomic E-state index is 0.585. The second-order valence-electron chi connectivity index (χ2n) is 8.26. The van der Waals surface area contributed by atoms with Crippen LogP contribution in [-0.4, -0.2) is 31.0 Å². The molecule has 2 aromatic heterocycles. The molecule has 0 saturated heterocycles. The topological polar surface area (TPSA) is 46.8 Å². The van der Waals surface area contributed by atoms with Crippen molar-refractivity contribution in [3.63, 3.8) is 0 Å². The van der Waals surface area contributed by atoms with Crippen molar-refractivity contribution in [3.8, 4) is 0 Å². The number of fused-ring (bicyclic) bond motifs is 2. The van der Waals surface area contributed by atoms with E-state index in [1.54, 1.807) is 0 Å². The summed E-state index contributed by atoms with van der Waals surface area (Å²) in [6, 6.07) is 8.44. The molecule has 3 heterocycles. The zero-order valence-corrected chi connectivity index (χ0v) is 16.8. The predicted octanol–water partition coefficient (Wildman–Crippen LogP) is 4.45. The zero-order chi connectivity index (χ0) is 18.9. The van der Waals surface area contributed by atoms with Crippen molar-refractivity contribution in [1.29, 1.82) is 0 Å². The van der Waals surface area contributed by atoms with Crippen LogP contribution in [0.5, 0.6) is 0 Å². The largest absolute Gasteiger partial charge is 0.327 e. The van der Waals surface area contributed by atoms with Gasteiger partial charge in [-0.2, -0.15) is 0 Å². The van der Waals surface area contributed by atoms with Gasteiger partial charge in [0.2, 0.25) is 0 Å². The highest BCUT2D eigenvalue weighted by Crippen LogP contribution is 2.31. The first-order valence-corrected chi connectivity index (χ1v) is 10.8. The lowest BCUT2D eigenvalue weighted by molar-refractivity contribution is 0.233. The molecule has 5 heteroatoms. The molecule has 1 saturated carbocycles. The monoisotopic (exact) mass is 375 g/mol. The molecule has 5 nitrogen and oxygen atoms in total. The van der Waals surface area contributed by atoms with Gasteiger partial charge < -0.3 is 4.57 Å². The Balaban J connectivity index is 1.33. The number of hydrogen-bond donors (Lipinski definition) is 0. The molecule has 5 rings (SSSR count). The van der Waals surface area contributed by atoms with E-state index in [9.17, 15) is 0 Å². The Hall–Kier alpha value is -2.27. The lowest BCUT2D eigenvalue weighted by Gasteiger charge is -2.29. The van der Waals surface area contributed by atoms with Crippen LogP contribution in [0.15, 0.2) is 30.5 Å². The van der Waals surface area contributed by atoms with Crippen molar-refractivity contribution in [2.24, 2.45) is 0 Å². The van der Waals surface area contributed by atoms with E-state index >= 15 is 0 Å². The minimum atomic E-state index is 0.585. The van der Waals surface area contributed by atoms with Crippen LogP contribution in [0.25, 0.3) is 11.0 Å². The summed E-state index contributed by atoms with van der Waals surface area (Å²) >= 11 is 0. The van der Waals surface area contributed by atoms with Crippen molar-refractivity contribution in [1.82, 2.24) is 24.4 Å². The summed E-state index contributed by atoms with van der Waals surface area (Å²) in [5.74, 6) is 2.84. The van der Waals surface area contributed by atoms with Gasteiger partial charge in [-0.25, -0.2) is 15.0 Å². The van der Waals surface area contributed by atoms with Gasteiger partial charge in [0.25, 0.3) is 0 Å². The molecule has 1 aliphatic heterocycles. The molecule has 0 N–H and O–H groups in total. The second-order valence-corrected chi connectivity index (χ2v) is 8.26. The normalized spacial score (nSPS) is 18.5. The number of aryl methyl sites for hydroxylation is 1. The Labute approximate surface area is 166 Å². The van der Waals surface area contributed by atoms with E-state index in [2.05, 4.69) is 46.9 Å². The fraction of sp³-hybridized carbons (Fsp3) is 0.522. The SMILES string of the molecule is CCn1c(CN2CCc3nc(C4CCCCC4)ncc3C2)nc2ccccc21. The Bertz CT molecular complexity index is 970. The van der Waals surface area contributed by atoms with Crippen molar-refractivity contribution in [3.05, 3.63) is 53.4 Å². The first-order valence-electron chi connectivity index (χ1n) is 10.8. The summed E-state index contributed by atoms with van der Waals surface area (Å²) < 4.78 is 2.34. The van der Waals surface area contributed by atoms with Gasteiger partial charge in [0.05, 0.1) is 17.6 Å². The third kappa shape index (κ3) is 3.32. The molecule has 1 aromatic carbocycles. The number of hydrogen-bond acceptors (Lipinski definition) is 4. The number of rotatable bonds is 4. The lowest BCUT2D eigenvalue weighted by atomic mass is 9.88. The summed E-state index contributed by atoms with van der Waals surface area (Å²) in [6.07, 6.45) is 9.68. The summed E-state index contributed by atoms with van der Waals surface area (Å²) in [6.45, 7) is 6.00. The minimum Gasteiger partial charge on any atom is -0.327 e. The van der Waals surface area contributed by atoms with Crippen LogP contribution in [0, 0.1) is 0 Å². The smallest absolute Gasteiger partial charge is 0.131 e. The van der Waals surface area contributed by atoms with Gasteiger partial charge in [-0.3, -0.25) is 4.90 Å². The third-order valence-corrected chi connectivity index (χ3v) is 6.42. The third-order valence-electron chi connectivity index (χ3n) is 6.42. The molecule has 0 atom stereocenters. The van der Waals surface area contributed by atoms with Crippen molar-refractivity contribution in [2.45, 2.75) is 71.0 Å². The maximum absolute atomic E-state index is 4.99. The molecule has 0 bridgehead atoms. The van der Waals surface area contributed by atoms with E-state index in [0.717, 1.165) is 49.8 Å². The zero-order valence-electron chi connectivity index (χ0n) is 16.8. The van der Waals surface area contributed by atoms with Crippen molar-refractivity contribution < 1.29 is 0 Å². The fourth-order valence-electron chi connectivity index (χ4n) is 4.88. The van der Waals surface area contributed by atoms with E-state index < -0.39 is 0 Å². The molecule has 3 aromatic rings. The molecule has 0 spiro atoms. The maximum Gasteiger partial charge on any atom is 0.131 e. The first-order chi connectivity index (χ1) is 13.8. The highest BCUT2D eigenvalue weighted by Gasteiger charge is 2.23. The highest BCUT2D eigenvalue weighted by atomic mass is 15.2. The standard InChI is InChI=1S/C23H29N5/c1-2-28-21-11-7-6-10-20(21)25-22(28)16-27-13-12-19-18(15-27)14-24-23(26-19)17-8-4-3-5-9-17/h6-7,10-11,14,17H,2-5,8-9,12-13,15-16H2,1H3. The second kappa shape index (κ2) is 7.63. The van der Waals surface area contributed by atoms with Gasteiger partial charge in [-0.1, -0.05) is 31.4 Å². The van der Waals surface area contributed by atoms with Crippen LogP contribution in [0.3, 0.4) is 0 Å². The molecular formula is C23H29N5. The summed E-state index contributed by atoms with van der Waals surface area (Å²) in [5.41, 5.74) is 4.90. The number of benzene rings is 1. The van der Waals surface area contributed by atoms with Crippen LogP contribution in [0.4, 0.5) is 0 Å². The van der Waals surface area contributed by atoms with Crippen molar-refractivity contribution in [2.75, 3.05) is 6.54 Å². The molecule has 2 aliphatic rings. The maximum atomic E-state index is 4.99. The van der Waals surface area contributed by atoms with E-state index in [4.69, 9.17) is 15.0 Å². The Kier molecular flexibility index (Phi) is 4.85. The van der Waals surface area contributed by atoms with Gasteiger partial charge in [0.1, 0.15) is 11.6 Å². The van der Waals surface area contributed by atoms with Gasteiger partial charge in [-0.15, -0.1) is 0 Å². The molecular weight excluding hydrogens is 346 g/mol. The molecule has 0 radical (unpaired) electrons. The first kappa shape index (κ1) is 17.8. The summed E-state index contributed by atoms with van der Waals surface area (Å²) in [4.78, 5) is 17.1. The number of para-hydroxylation sites is 2. The van der Waals surface area contributed by atoms with Gasteiger partial charge in [0.15, 0.2) is 0 Å². The van der Waals surface area contributed by atoms with E-state index in [1.165, 1.54) is 48.9 Å². The molecule has 0 amide bonds. The van der Waals surface area contributed by atoms with E-state index in [0.29, 0.717) is 5.92 Å². The number of aromatic nitrogens is 4. The highest BCUT2D eigenvalue weighted by molar-refractivity contribution is 5.75. The van der Waals surface area contributed by atoms with Gasteiger partial charge >= 0.3 is 0 Å². The number of imidazole rings is 1. The lowest BCUT2D eigenvalue weighted by Crippen LogP contribution is -2.32. The molecule has 0 unspecified atom stereocenters. The van der Waals surface area contributed by atoms with E-state index in [-0.39, 0.29) is 0 Å². The summed E-state index contributed by atoms with van der Waals surface area (Å²) in [7, 11) is 0. The van der Waals surface area contributed by atoms with E-state index in [1.807, 2.05) is 0 Å². The summed E-state index contributed by atoms with van der Waals surface area (Å²) in [5, 5.41) is 0. The Morgan fingerprint density at radius 2 is 1.93 bits per heavy atom. The average Bonchev–Trinajstić information content (AvgIpc) is 3.11. The molecule has 1 aliphatic carbocycles. The quantitative estimate of drug-likeness (QED) is 0.676. The molecule has 1 fully saturated rings. The van der Waals surface area contributed by atoms with Crippen LogP contribution >= 0.6 is 0 Å². The molecule has 28 heavy (non-hydrogen) atoms. The predicted molar refractivity (Wildman–Crippen MR) is 111 cm³/mol. The van der Waals surface area contributed by atoms with Crippen LogP contribution in [-0.2, 0) is 26.1 Å². The number of nitrogens with zero attached hydrogens (tertiary/aromatic N) is 5. The van der Waals surface area contributed by atoms with Crippen molar-refractivity contribution >= 4 is 11.0 Å². The van der Waals surface area contributed by atoms with Gasteiger partial charge in [-0.05, 0) is 31.9 Å².